The minimum absolute atomic E-state index is 0.0761. The molecule has 1 aliphatic heterocycles. The van der Waals surface area contributed by atoms with Gasteiger partial charge in [0.1, 0.15) is 0 Å². The van der Waals surface area contributed by atoms with E-state index in [1.807, 2.05) is 24.8 Å². The summed E-state index contributed by atoms with van der Waals surface area (Å²) in [4.78, 5) is 14.2. The molecule has 0 unspecified atom stereocenters. The van der Waals surface area contributed by atoms with Gasteiger partial charge >= 0.3 is 0 Å². The molecule has 1 heterocycles. The number of rotatable bonds is 3. The summed E-state index contributed by atoms with van der Waals surface area (Å²) in [5.41, 5.74) is 1.77. The van der Waals surface area contributed by atoms with Gasteiger partial charge < -0.3 is 14.4 Å². The molecule has 98 valence electrons. The standard InChI is InChI=1S/C14H19NO3/c1-9(2)15-6-5-10-7-12(17-3)13(18-4)8-11(10)14(15)16/h7-9H,5-6H2,1-4H3. The van der Waals surface area contributed by atoms with Gasteiger partial charge in [-0.15, -0.1) is 0 Å². The Balaban J connectivity index is 2.45. The molecule has 4 heteroatoms. The lowest BCUT2D eigenvalue weighted by Crippen LogP contribution is -2.42. The van der Waals surface area contributed by atoms with Gasteiger partial charge in [0.15, 0.2) is 11.5 Å². The van der Waals surface area contributed by atoms with E-state index < -0.39 is 0 Å². The highest BCUT2D eigenvalue weighted by molar-refractivity contribution is 5.97. The maximum Gasteiger partial charge on any atom is 0.254 e. The van der Waals surface area contributed by atoms with Crippen molar-refractivity contribution in [3.05, 3.63) is 23.3 Å². The van der Waals surface area contributed by atoms with E-state index in [2.05, 4.69) is 0 Å². The van der Waals surface area contributed by atoms with E-state index >= 15 is 0 Å². The summed E-state index contributed by atoms with van der Waals surface area (Å²) in [5.74, 6) is 1.37. The van der Waals surface area contributed by atoms with Gasteiger partial charge in [0, 0.05) is 18.2 Å². The Hall–Kier alpha value is -1.71. The number of carbonyl (C=O) groups is 1. The molecule has 2 rings (SSSR count). The zero-order chi connectivity index (χ0) is 13.3. The van der Waals surface area contributed by atoms with Crippen LogP contribution < -0.4 is 9.47 Å². The van der Waals surface area contributed by atoms with E-state index in [0.717, 1.165) is 24.1 Å². The van der Waals surface area contributed by atoms with Crippen molar-refractivity contribution in [3.63, 3.8) is 0 Å². The summed E-state index contributed by atoms with van der Waals surface area (Å²) < 4.78 is 10.5. The molecule has 0 saturated carbocycles. The number of hydrogen-bond acceptors (Lipinski definition) is 3. The van der Waals surface area contributed by atoms with Gasteiger partial charge in [-0.05, 0) is 38.0 Å². The number of ether oxygens (including phenoxy) is 2. The van der Waals surface area contributed by atoms with E-state index in [0.29, 0.717) is 11.5 Å². The minimum atomic E-state index is 0.0761. The van der Waals surface area contributed by atoms with Crippen molar-refractivity contribution in [1.82, 2.24) is 4.90 Å². The first kappa shape index (κ1) is 12.7. The molecule has 0 radical (unpaired) electrons. The number of benzene rings is 1. The molecule has 4 nitrogen and oxygen atoms in total. The molecule has 18 heavy (non-hydrogen) atoms. The second-order valence-corrected chi connectivity index (χ2v) is 4.71. The zero-order valence-electron chi connectivity index (χ0n) is 11.3. The Kier molecular flexibility index (Phi) is 3.45. The van der Waals surface area contributed by atoms with Crippen molar-refractivity contribution in [3.8, 4) is 11.5 Å². The number of hydrogen-bond donors (Lipinski definition) is 0. The molecule has 0 spiro atoms. The van der Waals surface area contributed by atoms with E-state index in [1.54, 1.807) is 20.3 Å². The molecule has 1 aromatic carbocycles. The maximum atomic E-state index is 12.4. The van der Waals surface area contributed by atoms with Crippen molar-refractivity contribution in [2.45, 2.75) is 26.3 Å². The Morgan fingerprint density at radius 1 is 1.17 bits per heavy atom. The predicted molar refractivity (Wildman–Crippen MR) is 69.4 cm³/mol. The third-order valence-corrected chi connectivity index (χ3v) is 3.35. The first-order chi connectivity index (χ1) is 8.58. The van der Waals surface area contributed by atoms with E-state index in [-0.39, 0.29) is 11.9 Å². The lowest BCUT2D eigenvalue weighted by Gasteiger charge is -2.32. The van der Waals surface area contributed by atoms with Crippen LogP contribution in [0.2, 0.25) is 0 Å². The second kappa shape index (κ2) is 4.88. The van der Waals surface area contributed by atoms with Crippen LogP contribution in [-0.2, 0) is 6.42 Å². The van der Waals surface area contributed by atoms with Crippen molar-refractivity contribution >= 4 is 5.91 Å². The van der Waals surface area contributed by atoms with E-state index in [4.69, 9.17) is 9.47 Å². The fraction of sp³-hybridized carbons (Fsp3) is 0.500. The summed E-state index contributed by atoms with van der Waals surface area (Å²) in [6, 6.07) is 3.91. The lowest BCUT2D eigenvalue weighted by atomic mass is 9.97. The molecule has 0 saturated heterocycles. The number of amides is 1. The molecule has 1 amide bonds. The second-order valence-electron chi connectivity index (χ2n) is 4.71. The highest BCUT2D eigenvalue weighted by Gasteiger charge is 2.27. The van der Waals surface area contributed by atoms with Crippen molar-refractivity contribution in [1.29, 1.82) is 0 Å². The Bertz CT molecular complexity index is 468. The van der Waals surface area contributed by atoms with Crippen LogP contribution in [0.1, 0.15) is 29.8 Å². The number of methoxy groups -OCH3 is 2. The van der Waals surface area contributed by atoms with Gasteiger partial charge in [-0.2, -0.15) is 0 Å². The molecule has 0 aliphatic carbocycles. The minimum Gasteiger partial charge on any atom is -0.493 e. The first-order valence-electron chi connectivity index (χ1n) is 6.14. The molecule has 1 aliphatic rings. The largest absolute Gasteiger partial charge is 0.493 e. The molecule has 0 aromatic heterocycles. The van der Waals surface area contributed by atoms with Crippen LogP contribution in [0.15, 0.2) is 12.1 Å². The van der Waals surface area contributed by atoms with Crippen LogP contribution in [0.25, 0.3) is 0 Å². The van der Waals surface area contributed by atoms with Crippen molar-refractivity contribution in [2.24, 2.45) is 0 Å². The topological polar surface area (TPSA) is 38.8 Å². The average molecular weight is 249 g/mol. The molecule has 0 N–H and O–H groups in total. The van der Waals surface area contributed by atoms with Crippen LogP contribution in [0.4, 0.5) is 0 Å². The third kappa shape index (κ3) is 2.03. The monoisotopic (exact) mass is 249 g/mol. The highest BCUT2D eigenvalue weighted by Crippen LogP contribution is 2.33. The average Bonchev–Trinajstić information content (AvgIpc) is 2.37. The Labute approximate surface area is 107 Å². The Morgan fingerprint density at radius 2 is 1.78 bits per heavy atom. The van der Waals surface area contributed by atoms with Crippen LogP contribution in [0.5, 0.6) is 11.5 Å². The van der Waals surface area contributed by atoms with Gasteiger partial charge in [0.2, 0.25) is 0 Å². The Morgan fingerprint density at radius 3 is 2.33 bits per heavy atom. The molecule has 0 bridgehead atoms. The van der Waals surface area contributed by atoms with E-state index in [9.17, 15) is 4.79 Å². The number of fused-ring (bicyclic) bond motifs is 1. The van der Waals surface area contributed by atoms with Gasteiger partial charge in [-0.1, -0.05) is 0 Å². The number of carbonyl (C=O) groups excluding carboxylic acids is 1. The quantitative estimate of drug-likeness (QED) is 0.823. The van der Waals surface area contributed by atoms with Gasteiger partial charge in [-0.25, -0.2) is 0 Å². The van der Waals surface area contributed by atoms with Crippen LogP contribution in [-0.4, -0.2) is 37.6 Å². The van der Waals surface area contributed by atoms with Gasteiger partial charge in [0.25, 0.3) is 5.91 Å². The smallest absolute Gasteiger partial charge is 0.254 e. The summed E-state index contributed by atoms with van der Waals surface area (Å²) in [6.45, 7) is 4.83. The van der Waals surface area contributed by atoms with Gasteiger partial charge in [-0.3, -0.25) is 4.79 Å². The molecule has 0 atom stereocenters. The normalized spacial score (nSPS) is 14.7. The lowest BCUT2D eigenvalue weighted by molar-refractivity contribution is 0.0688. The molecule has 1 aromatic rings. The first-order valence-corrected chi connectivity index (χ1v) is 6.14. The molecule has 0 fully saturated rings. The van der Waals surface area contributed by atoms with Crippen LogP contribution in [0, 0.1) is 0 Å². The van der Waals surface area contributed by atoms with Crippen LogP contribution in [0.3, 0.4) is 0 Å². The molecular formula is C14H19NO3. The maximum absolute atomic E-state index is 12.4. The SMILES string of the molecule is COc1cc2c(cc1OC)C(=O)N(C(C)C)CC2. The third-order valence-electron chi connectivity index (χ3n) is 3.35. The molecular weight excluding hydrogens is 230 g/mol. The fourth-order valence-corrected chi connectivity index (χ4v) is 2.32. The van der Waals surface area contributed by atoms with Gasteiger partial charge in [0.05, 0.1) is 14.2 Å². The van der Waals surface area contributed by atoms with Crippen molar-refractivity contribution < 1.29 is 14.3 Å². The summed E-state index contributed by atoms with van der Waals surface area (Å²) in [5, 5.41) is 0. The predicted octanol–water partition coefficient (Wildman–Crippen LogP) is 2.11. The summed E-state index contributed by atoms with van der Waals surface area (Å²) >= 11 is 0. The fourth-order valence-electron chi connectivity index (χ4n) is 2.32. The zero-order valence-corrected chi connectivity index (χ0v) is 11.3. The highest BCUT2D eigenvalue weighted by atomic mass is 16.5. The number of nitrogens with zero attached hydrogens (tertiary/aromatic N) is 1. The van der Waals surface area contributed by atoms with Crippen molar-refractivity contribution in [2.75, 3.05) is 20.8 Å². The van der Waals surface area contributed by atoms with Crippen LogP contribution >= 0.6 is 0 Å². The summed E-state index contributed by atoms with van der Waals surface area (Å²) in [7, 11) is 3.19. The van der Waals surface area contributed by atoms with E-state index in [1.165, 1.54) is 0 Å². The summed E-state index contributed by atoms with van der Waals surface area (Å²) in [6.07, 6.45) is 0.861.